The van der Waals surface area contributed by atoms with Crippen molar-refractivity contribution in [2.24, 2.45) is 0 Å². The van der Waals surface area contributed by atoms with Gasteiger partial charge in [-0.25, -0.2) is 0 Å². The second kappa shape index (κ2) is 3.57. The first-order valence-corrected chi connectivity index (χ1v) is 3.67. The zero-order valence-corrected chi connectivity index (χ0v) is 7.36. The highest BCUT2D eigenvalue weighted by atomic mass is 27.1. The third-order valence-electron chi connectivity index (χ3n) is 1.42. The van der Waals surface area contributed by atoms with E-state index >= 15 is 0 Å². The Morgan fingerprint density at radius 1 is 1.55 bits per heavy atom. The van der Waals surface area contributed by atoms with Gasteiger partial charge in [-0.3, -0.25) is 4.79 Å². The maximum Gasteiger partial charge on any atom is 0.482 e. The molecule has 0 N–H and O–H groups in total. The molecular weight excluding hydrogens is 155 g/mol. The smallest absolute Gasteiger partial charge is 0.482 e. The van der Waals surface area contributed by atoms with E-state index in [-0.39, 0.29) is 0 Å². The molecule has 54 valence electrons. The number of rotatable bonds is 2. The fourth-order valence-corrected chi connectivity index (χ4v) is 1.05. The van der Waals surface area contributed by atoms with Gasteiger partial charge in [-0.05, 0) is 24.6 Å². The van der Waals surface area contributed by atoms with Crippen LogP contribution in [0.2, 0.25) is 0 Å². The standard InChI is InChI=1S/C8H8O2.Al/c1-6-2-3-7(5-9)8(10)4-6;/h2-5,10H,1H3;/q;+1/p-1. The van der Waals surface area contributed by atoms with Crippen molar-refractivity contribution in [3.63, 3.8) is 0 Å². The van der Waals surface area contributed by atoms with Gasteiger partial charge in [0.05, 0.1) is 11.3 Å². The zero-order chi connectivity index (χ0) is 8.27. The van der Waals surface area contributed by atoms with E-state index in [1.54, 1.807) is 6.07 Å². The lowest BCUT2D eigenvalue weighted by Crippen LogP contribution is -1.91. The summed E-state index contributed by atoms with van der Waals surface area (Å²) in [5.74, 6) is 0.602. The molecule has 0 atom stereocenters. The van der Waals surface area contributed by atoms with Gasteiger partial charge in [0.15, 0.2) is 6.29 Å². The van der Waals surface area contributed by atoms with Gasteiger partial charge < -0.3 is 3.79 Å². The summed E-state index contributed by atoms with van der Waals surface area (Å²) >= 11 is 2.12. The minimum Gasteiger partial charge on any atom is -0.653 e. The fraction of sp³-hybridized carbons (Fsp3) is 0.125. The van der Waals surface area contributed by atoms with Crippen molar-refractivity contribution < 1.29 is 8.58 Å². The molecule has 0 amide bonds. The average molecular weight is 162 g/mol. The van der Waals surface area contributed by atoms with Crippen LogP contribution < -0.4 is 3.79 Å². The van der Waals surface area contributed by atoms with E-state index < -0.39 is 0 Å². The molecule has 0 unspecified atom stereocenters. The number of hydrogen-bond donors (Lipinski definition) is 0. The van der Waals surface area contributed by atoms with Crippen molar-refractivity contribution in [2.45, 2.75) is 6.92 Å². The predicted molar refractivity (Wildman–Crippen MR) is 42.9 cm³/mol. The average Bonchev–Trinajstić information content (AvgIpc) is 2.04. The summed E-state index contributed by atoms with van der Waals surface area (Å²) in [6, 6.07) is 5.43. The summed E-state index contributed by atoms with van der Waals surface area (Å²) in [4.78, 5) is 10.4. The molecule has 1 rings (SSSR count). The molecule has 0 saturated carbocycles. The van der Waals surface area contributed by atoms with Crippen molar-refractivity contribution in [2.75, 3.05) is 0 Å². The summed E-state index contributed by atoms with van der Waals surface area (Å²) in [6.45, 7) is 1.95. The van der Waals surface area contributed by atoms with Gasteiger partial charge in [-0.15, -0.1) is 0 Å². The van der Waals surface area contributed by atoms with E-state index in [1.165, 1.54) is 0 Å². The first kappa shape index (κ1) is 8.32. The molecule has 0 saturated heterocycles. The number of aldehydes is 1. The monoisotopic (exact) mass is 162 g/mol. The molecule has 1 aromatic carbocycles. The molecule has 0 spiro atoms. The Kier molecular flexibility index (Phi) is 2.70. The van der Waals surface area contributed by atoms with Crippen LogP contribution in [0.1, 0.15) is 15.9 Å². The van der Waals surface area contributed by atoms with Crippen LogP contribution in [0, 0.1) is 6.92 Å². The highest BCUT2D eigenvalue weighted by Crippen LogP contribution is 2.16. The van der Waals surface area contributed by atoms with E-state index in [0.29, 0.717) is 11.3 Å². The maximum atomic E-state index is 10.4. The van der Waals surface area contributed by atoms with E-state index in [2.05, 4.69) is 16.6 Å². The molecule has 1 aromatic rings. The van der Waals surface area contributed by atoms with Gasteiger partial charge >= 0.3 is 16.6 Å². The van der Waals surface area contributed by atoms with Gasteiger partial charge in [0, 0.05) is 0 Å². The SMILES string of the molecule is Cc1ccc(C=O)c([O][Al])c1. The van der Waals surface area contributed by atoms with Crippen molar-refractivity contribution in [1.29, 1.82) is 0 Å². The predicted octanol–water partition coefficient (Wildman–Crippen LogP) is 1.27. The van der Waals surface area contributed by atoms with Gasteiger partial charge in [0.1, 0.15) is 0 Å². The summed E-state index contributed by atoms with van der Waals surface area (Å²) in [7, 11) is 0. The number of carbonyl (C=O) groups is 1. The molecule has 11 heavy (non-hydrogen) atoms. The molecular formula is C8H7AlO2. The molecule has 2 nitrogen and oxygen atoms in total. The number of benzene rings is 1. The van der Waals surface area contributed by atoms with Crippen molar-refractivity contribution in [3.05, 3.63) is 29.3 Å². The fourth-order valence-electron chi connectivity index (χ4n) is 0.841. The Labute approximate surface area is 73.9 Å². The Morgan fingerprint density at radius 2 is 2.27 bits per heavy atom. The number of aryl methyl sites for hydroxylation is 1. The molecule has 0 heterocycles. The summed E-state index contributed by atoms with van der Waals surface area (Å²) in [6.07, 6.45) is 0.777. The second-order valence-electron chi connectivity index (χ2n) is 2.28. The van der Waals surface area contributed by atoms with Gasteiger partial charge in [-0.2, -0.15) is 0 Å². The van der Waals surface area contributed by atoms with Crippen LogP contribution in [0.5, 0.6) is 5.75 Å². The molecule has 0 bridgehead atoms. The lowest BCUT2D eigenvalue weighted by Gasteiger charge is -2.05. The van der Waals surface area contributed by atoms with Gasteiger partial charge in [-0.1, -0.05) is 6.07 Å². The van der Waals surface area contributed by atoms with Crippen LogP contribution in [-0.4, -0.2) is 22.9 Å². The molecule has 2 radical (unpaired) electrons. The Balaban J connectivity index is 3.16. The Hall–Kier alpha value is -0.778. The first-order valence-electron chi connectivity index (χ1n) is 3.20. The topological polar surface area (TPSA) is 26.3 Å². The lowest BCUT2D eigenvalue weighted by atomic mass is 10.1. The molecule has 0 aliphatic rings. The van der Waals surface area contributed by atoms with E-state index in [0.717, 1.165) is 11.8 Å². The largest absolute Gasteiger partial charge is 0.653 e. The third-order valence-corrected chi connectivity index (χ3v) is 1.68. The van der Waals surface area contributed by atoms with Crippen molar-refractivity contribution in [3.8, 4) is 5.75 Å². The van der Waals surface area contributed by atoms with Crippen molar-refractivity contribution >= 4 is 22.9 Å². The highest BCUT2D eigenvalue weighted by molar-refractivity contribution is 6.00. The van der Waals surface area contributed by atoms with Gasteiger partial charge in [0.2, 0.25) is 0 Å². The normalized spacial score (nSPS) is 9.18. The summed E-state index contributed by atoms with van der Waals surface area (Å²) in [5, 5.41) is 0. The second-order valence-corrected chi connectivity index (χ2v) is 2.51. The Morgan fingerprint density at radius 3 is 2.82 bits per heavy atom. The van der Waals surface area contributed by atoms with Gasteiger partial charge in [0.25, 0.3) is 0 Å². The van der Waals surface area contributed by atoms with E-state index in [4.69, 9.17) is 3.79 Å². The molecule has 0 fully saturated rings. The lowest BCUT2D eigenvalue weighted by molar-refractivity contribution is 0.112. The quantitative estimate of drug-likeness (QED) is 0.483. The number of carbonyl (C=O) groups excluding carboxylic acids is 1. The molecule has 0 aromatic heterocycles. The summed E-state index contributed by atoms with van der Waals surface area (Å²) in [5.41, 5.74) is 1.65. The third kappa shape index (κ3) is 1.83. The highest BCUT2D eigenvalue weighted by Gasteiger charge is 1.98. The Bertz CT molecular complexity index is 271. The zero-order valence-electron chi connectivity index (χ0n) is 6.20. The minimum absolute atomic E-state index is 0.575. The van der Waals surface area contributed by atoms with Crippen LogP contribution in [0.4, 0.5) is 0 Å². The van der Waals surface area contributed by atoms with Crippen LogP contribution in [0.25, 0.3) is 0 Å². The molecule has 0 aliphatic heterocycles. The molecule has 0 aliphatic carbocycles. The minimum atomic E-state index is 0.575. The maximum absolute atomic E-state index is 10.4. The molecule has 3 heteroatoms. The van der Waals surface area contributed by atoms with E-state index in [1.807, 2.05) is 19.1 Å². The van der Waals surface area contributed by atoms with Crippen molar-refractivity contribution in [1.82, 2.24) is 0 Å². The van der Waals surface area contributed by atoms with E-state index in [9.17, 15) is 4.79 Å². The van der Waals surface area contributed by atoms with Crippen LogP contribution in [-0.2, 0) is 0 Å². The first-order chi connectivity index (χ1) is 5.27. The van der Waals surface area contributed by atoms with Crippen LogP contribution >= 0.6 is 0 Å². The summed E-state index contributed by atoms with van der Waals surface area (Å²) < 4.78 is 4.90. The van der Waals surface area contributed by atoms with Crippen LogP contribution in [0.3, 0.4) is 0 Å². The van der Waals surface area contributed by atoms with Crippen LogP contribution in [0.15, 0.2) is 18.2 Å². The number of hydrogen-bond acceptors (Lipinski definition) is 2.